The molecular weight excluding hydrogens is 368 g/mol. The van der Waals surface area contributed by atoms with Crippen LogP contribution in [0, 0.1) is 6.92 Å². The summed E-state index contributed by atoms with van der Waals surface area (Å²) in [6.07, 6.45) is 1.65. The highest BCUT2D eigenvalue weighted by Gasteiger charge is 2.13. The third-order valence-electron chi connectivity index (χ3n) is 4.04. The van der Waals surface area contributed by atoms with Gasteiger partial charge >= 0.3 is 0 Å². The zero-order valence-corrected chi connectivity index (χ0v) is 16.0. The molecule has 1 heterocycles. The van der Waals surface area contributed by atoms with E-state index in [2.05, 4.69) is 10.3 Å². The topological polar surface area (TPSA) is 69.7 Å². The first-order valence-corrected chi connectivity index (χ1v) is 8.59. The Hall–Kier alpha value is -2.99. The van der Waals surface area contributed by atoms with Crippen molar-refractivity contribution in [2.75, 3.05) is 26.1 Å². The summed E-state index contributed by atoms with van der Waals surface area (Å²) in [5.74, 6) is 1.33. The minimum atomic E-state index is -0.302. The second kappa shape index (κ2) is 8.14. The second-order valence-electron chi connectivity index (χ2n) is 5.80. The van der Waals surface area contributed by atoms with Crippen LogP contribution in [-0.4, -0.2) is 31.7 Å². The summed E-state index contributed by atoms with van der Waals surface area (Å²) in [6.45, 7) is 1.70. The number of carbonyl (C=O) groups is 1. The lowest BCUT2D eigenvalue weighted by molar-refractivity contribution is -0.118. The van der Waals surface area contributed by atoms with Crippen molar-refractivity contribution in [1.82, 2.24) is 4.98 Å². The number of hydrogen-bond donors (Lipinski definition) is 1. The van der Waals surface area contributed by atoms with Crippen LogP contribution < -0.4 is 19.5 Å². The van der Waals surface area contributed by atoms with Crippen molar-refractivity contribution in [2.24, 2.45) is 0 Å². The predicted molar refractivity (Wildman–Crippen MR) is 105 cm³/mol. The highest BCUT2D eigenvalue weighted by Crippen LogP contribution is 2.33. The summed E-state index contributed by atoms with van der Waals surface area (Å²) < 4.78 is 16.2. The number of ether oxygens (including phenoxy) is 3. The van der Waals surface area contributed by atoms with E-state index < -0.39 is 0 Å². The normalized spacial score (nSPS) is 10.5. The van der Waals surface area contributed by atoms with E-state index in [1.54, 1.807) is 50.7 Å². The van der Waals surface area contributed by atoms with Crippen LogP contribution in [0.4, 0.5) is 5.69 Å². The number of hydrogen-bond acceptors (Lipinski definition) is 5. The Bertz CT molecular complexity index is 991. The molecule has 1 N–H and O–H groups in total. The van der Waals surface area contributed by atoms with E-state index in [1.165, 1.54) is 0 Å². The Morgan fingerprint density at radius 2 is 1.85 bits per heavy atom. The molecule has 3 rings (SSSR count). The van der Waals surface area contributed by atoms with E-state index in [-0.39, 0.29) is 12.5 Å². The van der Waals surface area contributed by atoms with E-state index in [0.717, 1.165) is 10.9 Å². The third-order valence-corrected chi connectivity index (χ3v) is 4.37. The van der Waals surface area contributed by atoms with Crippen LogP contribution in [0.1, 0.15) is 5.56 Å². The number of amides is 1. The molecule has 0 aliphatic carbocycles. The molecule has 0 atom stereocenters. The fourth-order valence-electron chi connectivity index (χ4n) is 2.67. The maximum atomic E-state index is 12.3. The van der Waals surface area contributed by atoms with Crippen LogP contribution in [0.25, 0.3) is 10.9 Å². The number of halogens is 1. The van der Waals surface area contributed by atoms with Gasteiger partial charge in [-0.3, -0.25) is 9.78 Å². The van der Waals surface area contributed by atoms with E-state index in [4.69, 9.17) is 25.8 Å². The lowest BCUT2D eigenvalue weighted by Crippen LogP contribution is -2.20. The summed E-state index contributed by atoms with van der Waals surface area (Å²) in [7, 11) is 3.11. The zero-order valence-electron chi connectivity index (χ0n) is 15.2. The average molecular weight is 387 g/mol. The number of aromatic nitrogens is 1. The minimum absolute atomic E-state index is 0.166. The van der Waals surface area contributed by atoms with E-state index in [1.807, 2.05) is 13.0 Å². The summed E-state index contributed by atoms with van der Waals surface area (Å²) in [4.78, 5) is 16.6. The number of nitrogens with one attached hydrogen (secondary N) is 1. The number of benzene rings is 2. The third kappa shape index (κ3) is 4.06. The van der Waals surface area contributed by atoms with Crippen molar-refractivity contribution >= 4 is 34.1 Å². The first-order chi connectivity index (χ1) is 13.0. The van der Waals surface area contributed by atoms with Crippen LogP contribution >= 0.6 is 11.6 Å². The molecule has 0 aliphatic heterocycles. The number of aryl methyl sites for hydroxylation is 1. The van der Waals surface area contributed by atoms with Crippen LogP contribution in [-0.2, 0) is 4.79 Å². The SMILES string of the molecule is COc1cc(C)c(NC(=O)COc2ccc(Cl)c3cccnc23)cc1OC. The quantitative estimate of drug-likeness (QED) is 0.686. The summed E-state index contributed by atoms with van der Waals surface area (Å²) in [5.41, 5.74) is 2.08. The lowest BCUT2D eigenvalue weighted by Gasteiger charge is -2.14. The lowest BCUT2D eigenvalue weighted by atomic mass is 10.1. The number of rotatable bonds is 6. The highest BCUT2D eigenvalue weighted by molar-refractivity contribution is 6.35. The molecule has 0 fully saturated rings. The number of methoxy groups -OCH3 is 2. The van der Waals surface area contributed by atoms with Crippen molar-refractivity contribution in [2.45, 2.75) is 6.92 Å². The standard InChI is InChI=1S/C20H19ClN2O4/c1-12-9-17(25-2)18(26-3)10-15(12)23-19(24)11-27-16-7-6-14(21)13-5-4-8-22-20(13)16/h4-10H,11H2,1-3H3,(H,23,24). The van der Waals surface area contributed by atoms with Gasteiger partial charge in [0, 0.05) is 23.3 Å². The van der Waals surface area contributed by atoms with Gasteiger partial charge in [0.05, 0.1) is 19.2 Å². The van der Waals surface area contributed by atoms with Crippen LogP contribution in [0.15, 0.2) is 42.6 Å². The molecule has 6 nitrogen and oxygen atoms in total. The first-order valence-electron chi connectivity index (χ1n) is 8.22. The Morgan fingerprint density at radius 1 is 1.11 bits per heavy atom. The molecule has 140 valence electrons. The molecule has 0 radical (unpaired) electrons. The van der Waals surface area contributed by atoms with Gasteiger partial charge in [-0.2, -0.15) is 0 Å². The van der Waals surface area contributed by atoms with Gasteiger partial charge in [-0.1, -0.05) is 11.6 Å². The summed E-state index contributed by atoms with van der Waals surface area (Å²) in [6, 6.07) is 10.6. The Labute approximate surface area is 162 Å². The molecule has 7 heteroatoms. The maximum absolute atomic E-state index is 12.3. The maximum Gasteiger partial charge on any atom is 0.262 e. The average Bonchev–Trinajstić information content (AvgIpc) is 2.69. The van der Waals surface area contributed by atoms with E-state index in [0.29, 0.717) is 33.5 Å². The molecule has 3 aromatic rings. The Morgan fingerprint density at radius 3 is 2.59 bits per heavy atom. The van der Waals surface area contributed by atoms with Gasteiger partial charge in [-0.25, -0.2) is 0 Å². The molecule has 0 saturated carbocycles. The zero-order chi connectivity index (χ0) is 19.4. The van der Waals surface area contributed by atoms with Crippen molar-refractivity contribution in [3.05, 3.63) is 53.2 Å². The van der Waals surface area contributed by atoms with Gasteiger partial charge in [0.2, 0.25) is 0 Å². The Balaban J connectivity index is 1.73. The fourth-order valence-corrected chi connectivity index (χ4v) is 2.89. The molecule has 1 aromatic heterocycles. The summed E-state index contributed by atoms with van der Waals surface area (Å²) >= 11 is 6.17. The molecule has 2 aromatic carbocycles. The minimum Gasteiger partial charge on any atom is -0.493 e. The van der Waals surface area contributed by atoms with Crippen molar-refractivity contribution < 1.29 is 19.0 Å². The molecule has 0 bridgehead atoms. The van der Waals surface area contributed by atoms with Gasteiger partial charge in [0.25, 0.3) is 5.91 Å². The second-order valence-corrected chi connectivity index (χ2v) is 6.21. The molecular formula is C20H19ClN2O4. The van der Waals surface area contributed by atoms with Gasteiger partial charge in [-0.05, 0) is 42.8 Å². The molecule has 0 aliphatic rings. The predicted octanol–water partition coefficient (Wildman–Crippen LogP) is 4.23. The van der Waals surface area contributed by atoms with Gasteiger partial charge in [0.15, 0.2) is 18.1 Å². The van der Waals surface area contributed by atoms with Crippen LogP contribution in [0.2, 0.25) is 5.02 Å². The van der Waals surface area contributed by atoms with E-state index >= 15 is 0 Å². The number of anilines is 1. The smallest absolute Gasteiger partial charge is 0.262 e. The van der Waals surface area contributed by atoms with E-state index in [9.17, 15) is 4.79 Å². The number of carbonyl (C=O) groups excluding carboxylic acids is 1. The van der Waals surface area contributed by atoms with Gasteiger partial charge in [-0.15, -0.1) is 0 Å². The van der Waals surface area contributed by atoms with Crippen LogP contribution in [0.5, 0.6) is 17.2 Å². The van der Waals surface area contributed by atoms with Crippen molar-refractivity contribution in [1.29, 1.82) is 0 Å². The molecule has 0 saturated heterocycles. The van der Waals surface area contributed by atoms with Crippen molar-refractivity contribution in [3.8, 4) is 17.2 Å². The number of pyridine rings is 1. The number of fused-ring (bicyclic) bond motifs is 1. The number of nitrogens with zero attached hydrogens (tertiary/aromatic N) is 1. The molecule has 1 amide bonds. The monoisotopic (exact) mass is 386 g/mol. The molecule has 27 heavy (non-hydrogen) atoms. The van der Waals surface area contributed by atoms with Gasteiger partial charge in [0.1, 0.15) is 11.3 Å². The van der Waals surface area contributed by atoms with Crippen LogP contribution in [0.3, 0.4) is 0 Å². The molecule has 0 unspecified atom stereocenters. The molecule has 0 spiro atoms. The fraction of sp³-hybridized carbons (Fsp3) is 0.200. The Kier molecular flexibility index (Phi) is 5.66. The largest absolute Gasteiger partial charge is 0.493 e. The van der Waals surface area contributed by atoms with Gasteiger partial charge < -0.3 is 19.5 Å². The van der Waals surface area contributed by atoms with Crippen molar-refractivity contribution in [3.63, 3.8) is 0 Å². The highest BCUT2D eigenvalue weighted by atomic mass is 35.5. The summed E-state index contributed by atoms with van der Waals surface area (Å²) in [5, 5.41) is 4.17. The first kappa shape index (κ1) is 18.8.